The molecule has 0 fully saturated rings. The number of hydrogen-bond acceptors (Lipinski definition) is 2. The number of urea groups is 1. The molecule has 0 saturated carbocycles. The lowest BCUT2D eigenvalue weighted by Gasteiger charge is -2.13. The van der Waals surface area contributed by atoms with Gasteiger partial charge in [0, 0.05) is 0 Å². The Morgan fingerprint density at radius 3 is 1.89 bits per heavy atom. The van der Waals surface area contributed by atoms with E-state index in [1.54, 1.807) is 54.6 Å². The van der Waals surface area contributed by atoms with Crippen LogP contribution in [0, 0.1) is 5.82 Å². The minimum absolute atomic E-state index is 0.0487. The molecule has 3 N–H and O–H groups in total. The van der Waals surface area contributed by atoms with E-state index in [-0.39, 0.29) is 5.69 Å². The number of halogens is 2. The normalized spacial score (nSPS) is 10.1. The zero-order valence-corrected chi connectivity index (χ0v) is 14.8. The SMILES string of the molecule is O=C(Nc1ccccc1F)Nc1ccccc1NC(=O)c1ccccc1Cl. The maximum atomic E-state index is 13.7. The molecule has 0 aliphatic carbocycles. The number of rotatable bonds is 4. The van der Waals surface area contributed by atoms with Gasteiger partial charge in [0.1, 0.15) is 5.82 Å². The minimum Gasteiger partial charge on any atom is -0.320 e. The monoisotopic (exact) mass is 383 g/mol. The molecule has 0 unspecified atom stereocenters. The van der Waals surface area contributed by atoms with Crippen molar-refractivity contribution in [2.24, 2.45) is 0 Å². The molecule has 0 bridgehead atoms. The number of carbonyl (C=O) groups excluding carboxylic acids is 2. The van der Waals surface area contributed by atoms with Crippen molar-refractivity contribution < 1.29 is 14.0 Å². The van der Waals surface area contributed by atoms with E-state index >= 15 is 0 Å². The maximum Gasteiger partial charge on any atom is 0.323 e. The molecule has 0 heterocycles. The van der Waals surface area contributed by atoms with Gasteiger partial charge in [-0.3, -0.25) is 4.79 Å². The third-order valence-corrected chi connectivity index (χ3v) is 3.99. The van der Waals surface area contributed by atoms with Crippen molar-refractivity contribution in [1.82, 2.24) is 0 Å². The Bertz CT molecular complexity index is 994. The third-order valence-electron chi connectivity index (χ3n) is 3.66. The highest BCUT2D eigenvalue weighted by Gasteiger charge is 2.13. The van der Waals surface area contributed by atoms with Crippen molar-refractivity contribution >= 4 is 40.6 Å². The average Bonchev–Trinajstić information content (AvgIpc) is 2.65. The number of benzene rings is 3. The number of hydrogen-bond donors (Lipinski definition) is 3. The van der Waals surface area contributed by atoms with Gasteiger partial charge in [-0.2, -0.15) is 0 Å². The first kappa shape index (κ1) is 18.4. The molecule has 27 heavy (non-hydrogen) atoms. The summed E-state index contributed by atoms with van der Waals surface area (Å²) in [6.07, 6.45) is 0. The summed E-state index contributed by atoms with van der Waals surface area (Å²) in [4.78, 5) is 24.6. The molecule has 7 heteroatoms. The molecule has 0 spiro atoms. The summed E-state index contributed by atoms with van der Waals surface area (Å²) < 4.78 is 13.7. The van der Waals surface area contributed by atoms with Crippen molar-refractivity contribution in [3.63, 3.8) is 0 Å². The predicted molar refractivity (Wildman–Crippen MR) is 105 cm³/mol. The smallest absolute Gasteiger partial charge is 0.320 e. The molecule has 3 aromatic carbocycles. The molecule has 0 atom stereocenters. The standard InChI is InChI=1S/C20H15ClFN3O2/c21-14-8-2-1-7-13(14)19(26)23-17-11-5-6-12-18(17)25-20(27)24-16-10-4-3-9-15(16)22/h1-12H,(H,23,26)(H2,24,25,27). The van der Waals surface area contributed by atoms with E-state index in [0.29, 0.717) is 22.0 Å². The van der Waals surface area contributed by atoms with Gasteiger partial charge in [-0.1, -0.05) is 48.0 Å². The van der Waals surface area contributed by atoms with Gasteiger partial charge in [0.2, 0.25) is 0 Å². The minimum atomic E-state index is -0.639. The number of anilines is 3. The Labute approximate surface area is 160 Å². The van der Waals surface area contributed by atoms with E-state index < -0.39 is 17.8 Å². The summed E-state index contributed by atoms with van der Waals surface area (Å²) in [5, 5.41) is 8.04. The molecule has 0 radical (unpaired) electrons. The van der Waals surface area contributed by atoms with E-state index in [4.69, 9.17) is 11.6 Å². The quantitative estimate of drug-likeness (QED) is 0.566. The molecule has 136 valence electrons. The van der Waals surface area contributed by atoms with Gasteiger partial charge in [0.15, 0.2) is 0 Å². The fraction of sp³-hybridized carbons (Fsp3) is 0. The van der Waals surface area contributed by atoms with Crippen LogP contribution in [0.5, 0.6) is 0 Å². The van der Waals surface area contributed by atoms with Crippen LogP contribution in [0.1, 0.15) is 10.4 Å². The topological polar surface area (TPSA) is 70.2 Å². The lowest BCUT2D eigenvalue weighted by atomic mass is 10.2. The zero-order valence-electron chi connectivity index (χ0n) is 14.0. The van der Waals surface area contributed by atoms with E-state index in [9.17, 15) is 14.0 Å². The highest BCUT2D eigenvalue weighted by Crippen LogP contribution is 2.24. The first-order valence-electron chi connectivity index (χ1n) is 8.02. The van der Waals surface area contributed by atoms with Gasteiger partial charge in [-0.15, -0.1) is 0 Å². The molecule has 0 aliphatic rings. The first-order chi connectivity index (χ1) is 13.0. The van der Waals surface area contributed by atoms with Gasteiger partial charge in [-0.25, -0.2) is 9.18 Å². The Morgan fingerprint density at radius 2 is 1.22 bits per heavy atom. The lowest BCUT2D eigenvalue weighted by molar-refractivity contribution is 0.102. The molecule has 0 aliphatic heterocycles. The fourth-order valence-electron chi connectivity index (χ4n) is 2.37. The number of para-hydroxylation sites is 3. The second-order valence-electron chi connectivity index (χ2n) is 5.54. The Morgan fingerprint density at radius 1 is 0.704 bits per heavy atom. The van der Waals surface area contributed by atoms with Crippen LogP contribution >= 0.6 is 11.6 Å². The van der Waals surface area contributed by atoms with E-state index in [1.165, 1.54) is 18.2 Å². The first-order valence-corrected chi connectivity index (χ1v) is 8.40. The van der Waals surface area contributed by atoms with Crippen molar-refractivity contribution in [3.05, 3.63) is 89.2 Å². The largest absolute Gasteiger partial charge is 0.323 e. The molecular formula is C20H15ClFN3O2. The van der Waals surface area contributed by atoms with Gasteiger partial charge >= 0.3 is 6.03 Å². The third kappa shape index (κ3) is 4.62. The lowest BCUT2D eigenvalue weighted by Crippen LogP contribution is -2.21. The summed E-state index contributed by atoms with van der Waals surface area (Å²) >= 11 is 6.04. The van der Waals surface area contributed by atoms with E-state index in [2.05, 4.69) is 16.0 Å². The van der Waals surface area contributed by atoms with Crippen LogP contribution in [-0.4, -0.2) is 11.9 Å². The Hall–Kier alpha value is -3.38. The summed E-state index contributed by atoms with van der Waals surface area (Å²) in [6.45, 7) is 0. The maximum absolute atomic E-state index is 13.7. The van der Waals surface area contributed by atoms with Crippen molar-refractivity contribution in [3.8, 4) is 0 Å². The Kier molecular flexibility index (Phi) is 5.68. The number of carbonyl (C=O) groups is 2. The predicted octanol–water partition coefficient (Wildman–Crippen LogP) is 5.38. The Balaban J connectivity index is 1.74. The second-order valence-corrected chi connectivity index (χ2v) is 5.95. The summed E-state index contributed by atoms with van der Waals surface area (Å²) in [6, 6.07) is 18.5. The molecule has 0 aromatic heterocycles. The molecule has 3 aromatic rings. The van der Waals surface area contributed by atoms with Crippen LogP contribution in [0.3, 0.4) is 0 Å². The van der Waals surface area contributed by atoms with Crippen LogP contribution in [0.4, 0.5) is 26.2 Å². The van der Waals surface area contributed by atoms with Crippen LogP contribution in [0.25, 0.3) is 0 Å². The summed E-state index contributed by atoms with van der Waals surface area (Å²) in [7, 11) is 0. The molecular weight excluding hydrogens is 369 g/mol. The molecule has 5 nitrogen and oxygen atoms in total. The van der Waals surface area contributed by atoms with Crippen molar-refractivity contribution in [2.75, 3.05) is 16.0 Å². The molecule has 0 saturated heterocycles. The highest BCUT2D eigenvalue weighted by molar-refractivity contribution is 6.34. The highest BCUT2D eigenvalue weighted by atomic mass is 35.5. The van der Waals surface area contributed by atoms with Crippen LogP contribution < -0.4 is 16.0 Å². The van der Waals surface area contributed by atoms with Gasteiger partial charge in [0.05, 0.1) is 27.6 Å². The number of nitrogens with one attached hydrogen (secondary N) is 3. The molecule has 3 rings (SSSR count). The van der Waals surface area contributed by atoms with Gasteiger partial charge < -0.3 is 16.0 Å². The van der Waals surface area contributed by atoms with E-state index in [0.717, 1.165) is 0 Å². The summed E-state index contributed by atoms with van der Waals surface area (Å²) in [5.74, 6) is -0.961. The van der Waals surface area contributed by atoms with Crippen molar-refractivity contribution in [1.29, 1.82) is 0 Å². The van der Waals surface area contributed by atoms with Gasteiger partial charge in [-0.05, 0) is 36.4 Å². The summed E-state index contributed by atoms with van der Waals surface area (Å²) in [5.41, 5.74) is 1.09. The van der Waals surface area contributed by atoms with Gasteiger partial charge in [0.25, 0.3) is 5.91 Å². The van der Waals surface area contributed by atoms with Crippen LogP contribution in [0.15, 0.2) is 72.8 Å². The van der Waals surface area contributed by atoms with E-state index in [1.807, 2.05) is 0 Å². The van der Waals surface area contributed by atoms with Crippen LogP contribution in [0.2, 0.25) is 5.02 Å². The number of amides is 3. The zero-order chi connectivity index (χ0) is 19.2. The fourth-order valence-corrected chi connectivity index (χ4v) is 2.60. The van der Waals surface area contributed by atoms with Crippen LogP contribution in [-0.2, 0) is 0 Å². The molecule has 3 amide bonds. The average molecular weight is 384 g/mol. The van der Waals surface area contributed by atoms with Crippen molar-refractivity contribution in [2.45, 2.75) is 0 Å². The second kappa shape index (κ2) is 8.33.